The number of fused-ring (bicyclic) bond motifs is 1. The van der Waals surface area contributed by atoms with Crippen LogP contribution in [0.4, 0.5) is 0 Å². The van der Waals surface area contributed by atoms with Gasteiger partial charge >= 0.3 is 0 Å². The minimum atomic E-state index is -0.0102. The number of carbonyl (C=O) groups is 1. The molecule has 1 aliphatic rings. The number of nitrogens with one attached hydrogen (secondary N) is 2. The maximum absolute atomic E-state index is 12.5. The normalized spacial score (nSPS) is 13.3. The fraction of sp³-hybridized carbons (Fsp3) is 0.450. The van der Waals surface area contributed by atoms with Crippen LogP contribution < -0.4 is 15.5 Å². The molecule has 0 unspecified atom stereocenters. The van der Waals surface area contributed by atoms with Crippen LogP contribution in [0.1, 0.15) is 50.7 Å². The minimum absolute atomic E-state index is 0.0102. The first-order valence-corrected chi connectivity index (χ1v) is 9.95. The van der Waals surface area contributed by atoms with Gasteiger partial charge in [0.1, 0.15) is 0 Å². The molecule has 1 aromatic carbocycles. The Labute approximate surface area is 158 Å². The second-order valence-corrected chi connectivity index (χ2v) is 7.53. The molecule has 6 heteroatoms. The molecule has 2 aromatic rings. The summed E-state index contributed by atoms with van der Waals surface area (Å²) in [6.07, 6.45) is 3.31. The number of carbonyl (C=O) groups excluding carboxylic acids is 1. The Kier molecular flexibility index (Phi) is 6.29. The summed E-state index contributed by atoms with van der Waals surface area (Å²) in [5.41, 5.74) is 4.47. The Hall–Kier alpha value is -1.89. The Morgan fingerprint density at radius 2 is 2.19 bits per heavy atom. The monoisotopic (exact) mass is 372 g/mol. The van der Waals surface area contributed by atoms with Crippen molar-refractivity contribution in [3.63, 3.8) is 0 Å². The van der Waals surface area contributed by atoms with Gasteiger partial charge in [0.05, 0.1) is 4.88 Å². The third kappa shape index (κ3) is 4.09. The van der Waals surface area contributed by atoms with Crippen LogP contribution >= 0.6 is 11.3 Å². The molecule has 5 nitrogen and oxygen atoms in total. The second kappa shape index (κ2) is 8.66. The lowest BCUT2D eigenvalue weighted by Crippen LogP contribution is -2.25. The summed E-state index contributed by atoms with van der Waals surface area (Å²) in [4.78, 5) is 18.7. The molecule has 0 aliphatic carbocycles. The van der Waals surface area contributed by atoms with E-state index in [1.54, 1.807) is 17.4 Å². The highest BCUT2D eigenvalue weighted by Crippen LogP contribution is 2.26. The molecule has 2 radical (unpaired) electrons. The lowest BCUT2D eigenvalue weighted by Gasteiger charge is -2.14. The van der Waals surface area contributed by atoms with E-state index in [-0.39, 0.29) is 11.7 Å². The van der Waals surface area contributed by atoms with Gasteiger partial charge in [-0.2, -0.15) is 0 Å². The molecule has 26 heavy (non-hydrogen) atoms. The van der Waals surface area contributed by atoms with Crippen molar-refractivity contribution in [2.45, 2.75) is 46.1 Å². The third-order valence-electron chi connectivity index (χ3n) is 4.78. The van der Waals surface area contributed by atoms with Crippen molar-refractivity contribution in [2.75, 3.05) is 13.1 Å². The van der Waals surface area contributed by atoms with Gasteiger partial charge in [0.15, 0.2) is 5.75 Å². The van der Waals surface area contributed by atoms with Crippen molar-refractivity contribution in [2.24, 2.45) is 0 Å². The van der Waals surface area contributed by atoms with Crippen LogP contribution in [0, 0.1) is 6.07 Å². The smallest absolute Gasteiger partial charge is 0.261 e. The van der Waals surface area contributed by atoms with E-state index in [0.717, 1.165) is 60.3 Å². The van der Waals surface area contributed by atoms with E-state index in [0.29, 0.717) is 6.54 Å². The zero-order valence-corrected chi connectivity index (χ0v) is 16.1. The Morgan fingerprint density at radius 1 is 1.35 bits per heavy atom. The molecule has 2 heterocycles. The molecule has 0 bridgehead atoms. The Balaban J connectivity index is 1.65. The maximum Gasteiger partial charge on any atom is 0.261 e. The van der Waals surface area contributed by atoms with Crippen LogP contribution in [-0.4, -0.2) is 19.0 Å². The van der Waals surface area contributed by atoms with Crippen molar-refractivity contribution in [3.8, 4) is 5.75 Å². The van der Waals surface area contributed by atoms with Crippen molar-refractivity contribution in [3.05, 3.63) is 50.2 Å². The fourth-order valence-electron chi connectivity index (χ4n) is 3.43. The van der Waals surface area contributed by atoms with E-state index < -0.39 is 0 Å². The molecule has 0 saturated carbocycles. The highest BCUT2D eigenvalue weighted by molar-refractivity contribution is 7.14. The van der Waals surface area contributed by atoms with E-state index in [2.05, 4.69) is 28.5 Å². The summed E-state index contributed by atoms with van der Waals surface area (Å²) in [6.45, 7) is 6.48. The summed E-state index contributed by atoms with van der Waals surface area (Å²) in [5, 5.41) is 17.1. The van der Waals surface area contributed by atoms with E-state index in [9.17, 15) is 10.1 Å². The highest BCUT2D eigenvalue weighted by Gasteiger charge is 2.17. The van der Waals surface area contributed by atoms with E-state index in [1.807, 2.05) is 13.0 Å². The van der Waals surface area contributed by atoms with Crippen LogP contribution in [-0.2, 0) is 37.5 Å². The van der Waals surface area contributed by atoms with Gasteiger partial charge in [0, 0.05) is 35.8 Å². The van der Waals surface area contributed by atoms with Crippen LogP contribution in [0.25, 0.3) is 0 Å². The zero-order chi connectivity index (χ0) is 18.5. The minimum Gasteiger partial charge on any atom is -0.351 e. The number of benzene rings is 1. The van der Waals surface area contributed by atoms with Gasteiger partial charge in [0.25, 0.3) is 5.91 Å². The lowest BCUT2D eigenvalue weighted by molar-refractivity contribution is -0.208. The van der Waals surface area contributed by atoms with E-state index >= 15 is 0 Å². The first-order valence-electron chi connectivity index (χ1n) is 9.13. The second-order valence-electron chi connectivity index (χ2n) is 6.40. The van der Waals surface area contributed by atoms with Crippen LogP contribution in [0.2, 0.25) is 0 Å². The first-order chi connectivity index (χ1) is 12.7. The zero-order valence-electron chi connectivity index (χ0n) is 15.2. The number of hydrogen-bond donors (Lipinski definition) is 2. The average Bonchev–Trinajstić information content (AvgIpc) is 3.12. The molecule has 0 atom stereocenters. The largest absolute Gasteiger partial charge is 0.351 e. The molecule has 2 N–H and O–H groups in total. The third-order valence-corrected chi connectivity index (χ3v) is 6.02. The number of rotatable bonds is 7. The average molecular weight is 372 g/mol. The molecular weight excluding hydrogens is 348 g/mol. The summed E-state index contributed by atoms with van der Waals surface area (Å²) >= 11 is 1.60. The number of amides is 1. The van der Waals surface area contributed by atoms with Crippen molar-refractivity contribution in [1.29, 1.82) is 0 Å². The van der Waals surface area contributed by atoms with Gasteiger partial charge in [-0.25, -0.2) is 0 Å². The SMILES string of the molecule is CCc1[c]c(O[O])cc(CC)c1CCNC(=O)c1cc2c(s1)CCNC2. The topological polar surface area (TPSA) is 70.3 Å². The molecular formula is C20H24N2O3S. The molecule has 0 fully saturated rings. The number of thiophene rings is 1. The highest BCUT2D eigenvalue weighted by atomic mass is 32.1. The van der Waals surface area contributed by atoms with Gasteiger partial charge in [-0.15, -0.1) is 11.3 Å². The molecule has 3 rings (SSSR count). The van der Waals surface area contributed by atoms with Crippen LogP contribution in [0.5, 0.6) is 5.75 Å². The Bertz CT molecular complexity index is 737. The van der Waals surface area contributed by atoms with E-state index in [1.165, 1.54) is 10.4 Å². The lowest BCUT2D eigenvalue weighted by atomic mass is 9.94. The van der Waals surface area contributed by atoms with Crippen LogP contribution in [0.15, 0.2) is 12.1 Å². The van der Waals surface area contributed by atoms with Gasteiger partial charge in [-0.05, 0) is 60.1 Å². The van der Waals surface area contributed by atoms with Gasteiger partial charge < -0.3 is 15.5 Å². The van der Waals surface area contributed by atoms with E-state index in [4.69, 9.17) is 0 Å². The molecule has 0 saturated heterocycles. The molecule has 138 valence electrons. The van der Waals surface area contributed by atoms with Crippen molar-refractivity contribution >= 4 is 17.2 Å². The first kappa shape index (κ1) is 18.9. The van der Waals surface area contributed by atoms with Gasteiger partial charge in [0.2, 0.25) is 0 Å². The quantitative estimate of drug-likeness (QED) is 0.580. The summed E-state index contributed by atoms with van der Waals surface area (Å²) in [7, 11) is 0. The van der Waals surface area contributed by atoms with Crippen molar-refractivity contribution < 1.29 is 14.9 Å². The van der Waals surface area contributed by atoms with Gasteiger partial charge in [-0.3, -0.25) is 4.79 Å². The summed E-state index contributed by atoms with van der Waals surface area (Å²) in [6, 6.07) is 6.80. The standard InChI is InChI=1S/C20H24N2O3S/c1-3-13-9-16(25-24)10-14(4-2)17(13)5-8-22-20(23)19-11-15-12-21-7-6-18(15)26-19/h9,11,21H,3-8,12H2,1-2H3,(H,22,23). The predicted octanol–water partition coefficient (Wildman–Crippen LogP) is 3.02. The predicted molar refractivity (Wildman–Crippen MR) is 101 cm³/mol. The summed E-state index contributed by atoms with van der Waals surface area (Å²) in [5.74, 6) is 0.230. The fourth-order valence-corrected chi connectivity index (χ4v) is 4.52. The molecule has 1 aromatic heterocycles. The molecule has 1 aliphatic heterocycles. The van der Waals surface area contributed by atoms with Crippen LogP contribution in [0.3, 0.4) is 0 Å². The number of aryl methyl sites for hydroxylation is 2. The Morgan fingerprint density at radius 3 is 2.88 bits per heavy atom. The molecule has 0 spiro atoms. The van der Waals surface area contributed by atoms with Gasteiger partial charge in [-0.1, -0.05) is 13.8 Å². The van der Waals surface area contributed by atoms with Crippen molar-refractivity contribution in [1.82, 2.24) is 10.6 Å². The summed E-state index contributed by atoms with van der Waals surface area (Å²) < 4.78 is 0. The maximum atomic E-state index is 12.5. The molecule has 1 amide bonds. The number of hydrogen-bond acceptors (Lipinski definition) is 4.